The Morgan fingerprint density at radius 2 is 1.44 bits per heavy atom. The van der Waals surface area contributed by atoms with E-state index in [0.717, 1.165) is 4.31 Å². The first-order valence-corrected chi connectivity index (χ1v) is 12.9. The zero-order valence-corrected chi connectivity index (χ0v) is 20.3. The second-order valence-electron chi connectivity index (χ2n) is 8.88. The summed E-state index contributed by atoms with van der Waals surface area (Å²) < 4.78 is 33.7. The van der Waals surface area contributed by atoms with Crippen LogP contribution in [0.3, 0.4) is 0 Å². The van der Waals surface area contributed by atoms with E-state index >= 15 is 0 Å². The lowest BCUT2D eigenvalue weighted by Crippen LogP contribution is -2.74. The van der Waals surface area contributed by atoms with Crippen molar-refractivity contribution in [2.45, 2.75) is 35.9 Å². The molecule has 3 aromatic carbocycles. The molecule has 2 amide bonds. The summed E-state index contributed by atoms with van der Waals surface area (Å²) in [6.07, 6.45) is -0.789. The molecule has 0 radical (unpaired) electrons. The van der Waals surface area contributed by atoms with Gasteiger partial charge in [0.2, 0.25) is 5.91 Å². The molecule has 8 nitrogen and oxygen atoms in total. The van der Waals surface area contributed by atoms with Crippen molar-refractivity contribution in [2.24, 2.45) is 0 Å². The Kier molecular flexibility index (Phi) is 5.88. The maximum Gasteiger partial charge on any atom is 0.338 e. The standard InChI is InChI=1S/C27H24N2O6S/c1-19(30)28-18-22(35-25(31)21-13-7-3-8-14-21)17-27(28)24(20-11-5-2-6-12-20)29(26(27)32)36(33,34)23-15-9-4-10-16-23/h2-16,22,24H,17-18H2,1H3/t22-,24+,27+/m1/s1. The number of hydrogen-bond donors (Lipinski definition) is 0. The van der Waals surface area contributed by atoms with Crippen LogP contribution < -0.4 is 0 Å². The van der Waals surface area contributed by atoms with Crippen molar-refractivity contribution >= 4 is 27.8 Å². The van der Waals surface area contributed by atoms with E-state index in [4.69, 9.17) is 4.74 Å². The summed E-state index contributed by atoms with van der Waals surface area (Å²) in [7, 11) is -4.21. The number of nitrogens with zero attached hydrogens (tertiary/aromatic N) is 2. The number of carbonyl (C=O) groups excluding carboxylic acids is 3. The molecular weight excluding hydrogens is 480 g/mol. The summed E-state index contributed by atoms with van der Waals surface area (Å²) in [4.78, 5) is 40.6. The lowest BCUT2D eigenvalue weighted by Gasteiger charge is -2.56. The van der Waals surface area contributed by atoms with Gasteiger partial charge in [0, 0.05) is 13.3 Å². The third kappa shape index (κ3) is 3.67. The van der Waals surface area contributed by atoms with E-state index in [1.807, 2.05) is 0 Å². The number of β-lactam (4-membered cyclic amide) rings is 1. The van der Waals surface area contributed by atoms with Crippen molar-refractivity contribution in [3.05, 3.63) is 102 Å². The molecule has 0 aliphatic carbocycles. The summed E-state index contributed by atoms with van der Waals surface area (Å²) >= 11 is 0. The number of esters is 1. The highest BCUT2D eigenvalue weighted by molar-refractivity contribution is 7.89. The molecule has 0 bridgehead atoms. The molecule has 1 spiro atoms. The Balaban J connectivity index is 1.55. The zero-order chi connectivity index (χ0) is 25.5. The van der Waals surface area contributed by atoms with Gasteiger partial charge in [0.25, 0.3) is 15.9 Å². The number of amides is 2. The highest BCUT2D eigenvalue weighted by Gasteiger charge is 2.72. The van der Waals surface area contributed by atoms with Gasteiger partial charge in [-0.1, -0.05) is 66.7 Å². The van der Waals surface area contributed by atoms with Crippen molar-refractivity contribution in [1.29, 1.82) is 0 Å². The van der Waals surface area contributed by atoms with E-state index in [-0.39, 0.29) is 17.9 Å². The molecule has 9 heteroatoms. The largest absolute Gasteiger partial charge is 0.457 e. The fourth-order valence-corrected chi connectivity index (χ4v) is 6.86. The van der Waals surface area contributed by atoms with Gasteiger partial charge in [0.15, 0.2) is 5.54 Å². The summed E-state index contributed by atoms with van der Waals surface area (Å²) in [5, 5.41) is 0. The molecular formula is C27H24N2O6S. The Morgan fingerprint density at radius 3 is 2.03 bits per heavy atom. The molecule has 3 aromatic rings. The monoisotopic (exact) mass is 504 g/mol. The normalized spacial score (nSPS) is 23.4. The second kappa shape index (κ2) is 8.91. The molecule has 3 atom stereocenters. The number of ether oxygens (including phenoxy) is 1. The molecule has 2 saturated heterocycles. The van der Waals surface area contributed by atoms with Crippen LogP contribution in [-0.4, -0.2) is 53.6 Å². The Labute approximate surface area is 209 Å². The van der Waals surface area contributed by atoms with Crippen molar-refractivity contribution in [1.82, 2.24) is 9.21 Å². The van der Waals surface area contributed by atoms with E-state index in [9.17, 15) is 22.8 Å². The fraction of sp³-hybridized carbons (Fsp3) is 0.222. The van der Waals surface area contributed by atoms with Crippen LogP contribution in [0.4, 0.5) is 0 Å². The molecule has 0 N–H and O–H groups in total. The predicted octanol–water partition coefficient (Wildman–Crippen LogP) is 3.18. The quantitative estimate of drug-likeness (QED) is 0.391. The highest BCUT2D eigenvalue weighted by Crippen LogP contribution is 2.55. The van der Waals surface area contributed by atoms with Crippen LogP contribution >= 0.6 is 0 Å². The van der Waals surface area contributed by atoms with E-state index in [0.29, 0.717) is 11.1 Å². The third-order valence-electron chi connectivity index (χ3n) is 6.74. The van der Waals surface area contributed by atoms with Crippen LogP contribution in [0.15, 0.2) is 95.9 Å². The molecule has 0 saturated carbocycles. The van der Waals surface area contributed by atoms with Crippen LogP contribution in [0.25, 0.3) is 0 Å². The van der Waals surface area contributed by atoms with E-state index in [1.165, 1.54) is 24.0 Å². The minimum atomic E-state index is -4.21. The van der Waals surface area contributed by atoms with Gasteiger partial charge in [-0.15, -0.1) is 0 Å². The molecule has 36 heavy (non-hydrogen) atoms. The van der Waals surface area contributed by atoms with Crippen LogP contribution in [-0.2, 0) is 24.3 Å². The minimum Gasteiger partial charge on any atom is -0.457 e. The number of likely N-dealkylation sites (tertiary alicyclic amines) is 1. The zero-order valence-electron chi connectivity index (χ0n) is 19.5. The molecule has 2 heterocycles. The topological polar surface area (TPSA) is 101 Å². The van der Waals surface area contributed by atoms with Crippen molar-refractivity contribution < 1.29 is 27.5 Å². The van der Waals surface area contributed by atoms with Crippen LogP contribution in [0.1, 0.15) is 35.3 Å². The Morgan fingerprint density at radius 1 is 0.889 bits per heavy atom. The number of carbonyl (C=O) groups is 3. The number of benzene rings is 3. The van der Waals surface area contributed by atoms with E-state index in [1.54, 1.807) is 78.9 Å². The van der Waals surface area contributed by atoms with Crippen molar-refractivity contribution in [2.75, 3.05) is 6.54 Å². The van der Waals surface area contributed by atoms with Gasteiger partial charge in [-0.25, -0.2) is 17.5 Å². The summed E-state index contributed by atoms with van der Waals surface area (Å²) in [5.74, 6) is -1.69. The third-order valence-corrected chi connectivity index (χ3v) is 8.51. The first-order valence-electron chi connectivity index (χ1n) is 11.5. The SMILES string of the molecule is CC(=O)N1C[C@H](OC(=O)c2ccccc2)C[C@]12C(=O)N(S(=O)(=O)c1ccccc1)[C@H]2c1ccccc1. The smallest absolute Gasteiger partial charge is 0.338 e. The van der Waals surface area contributed by atoms with Gasteiger partial charge < -0.3 is 9.64 Å². The van der Waals surface area contributed by atoms with Crippen LogP contribution in [0.5, 0.6) is 0 Å². The maximum absolute atomic E-state index is 13.8. The van der Waals surface area contributed by atoms with Crippen molar-refractivity contribution in [3.8, 4) is 0 Å². The van der Waals surface area contributed by atoms with Crippen LogP contribution in [0, 0.1) is 0 Å². The van der Waals surface area contributed by atoms with Gasteiger partial charge in [-0.2, -0.15) is 0 Å². The van der Waals surface area contributed by atoms with Gasteiger partial charge >= 0.3 is 5.97 Å². The number of hydrogen-bond acceptors (Lipinski definition) is 6. The first-order chi connectivity index (χ1) is 17.3. The molecule has 2 fully saturated rings. The molecule has 0 unspecified atom stereocenters. The lowest BCUT2D eigenvalue weighted by atomic mass is 9.74. The average molecular weight is 505 g/mol. The predicted molar refractivity (Wildman–Crippen MR) is 130 cm³/mol. The summed E-state index contributed by atoms with van der Waals surface area (Å²) in [6.45, 7) is 1.31. The number of sulfonamides is 1. The van der Waals surface area contributed by atoms with E-state index < -0.39 is 45.5 Å². The molecule has 184 valence electrons. The Hall–Kier alpha value is -3.98. The minimum absolute atomic E-state index is 0.00957. The molecule has 5 rings (SSSR count). The second-order valence-corrected chi connectivity index (χ2v) is 10.7. The van der Waals surface area contributed by atoms with Gasteiger partial charge in [-0.05, 0) is 29.8 Å². The average Bonchev–Trinajstić information content (AvgIpc) is 3.30. The summed E-state index contributed by atoms with van der Waals surface area (Å²) in [6, 6.07) is 23.9. The van der Waals surface area contributed by atoms with E-state index in [2.05, 4.69) is 0 Å². The summed E-state index contributed by atoms with van der Waals surface area (Å²) in [5.41, 5.74) is -0.574. The van der Waals surface area contributed by atoms with Gasteiger partial charge in [0.05, 0.1) is 17.0 Å². The maximum atomic E-state index is 13.8. The highest BCUT2D eigenvalue weighted by atomic mass is 32.2. The van der Waals surface area contributed by atoms with Gasteiger partial charge in [-0.3, -0.25) is 9.59 Å². The molecule has 2 aliphatic heterocycles. The lowest BCUT2D eigenvalue weighted by molar-refractivity contribution is -0.168. The number of rotatable bonds is 5. The molecule has 0 aromatic heterocycles. The van der Waals surface area contributed by atoms with Crippen molar-refractivity contribution in [3.63, 3.8) is 0 Å². The molecule has 2 aliphatic rings. The van der Waals surface area contributed by atoms with Gasteiger partial charge in [0.1, 0.15) is 12.1 Å². The fourth-order valence-electron chi connectivity index (χ4n) is 5.19. The Bertz CT molecular complexity index is 1410. The first kappa shape index (κ1) is 23.7. The van der Waals surface area contributed by atoms with Crippen LogP contribution in [0.2, 0.25) is 0 Å².